The van der Waals surface area contributed by atoms with Crippen LogP contribution in [0.15, 0.2) is 24.3 Å². The first-order chi connectivity index (χ1) is 7.43. The first kappa shape index (κ1) is 11.5. The summed E-state index contributed by atoms with van der Waals surface area (Å²) in [6.45, 7) is 4.58. The van der Waals surface area contributed by atoms with E-state index >= 15 is 0 Å². The molecule has 1 aliphatic carbocycles. The van der Waals surface area contributed by atoms with Gasteiger partial charge in [0.2, 0.25) is 0 Å². The van der Waals surface area contributed by atoms with Crippen molar-refractivity contribution >= 4 is 0 Å². The third-order valence-corrected chi connectivity index (χ3v) is 3.94. The lowest BCUT2D eigenvalue weighted by Crippen LogP contribution is -2.42. The molecular formula is C14H21NO. The van der Waals surface area contributed by atoms with E-state index in [9.17, 15) is 5.11 Å². The lowest BCUT2D eigenvalue weighted by atomic mass is 9.67. The number of para-hydroxylation sites is 1. The molecule has 0 bridgehead atoms. The van der Waals surface area contributed by atoms with Crippen LogP contribution in [0.25, 0.3) is 0 Å². The standard InChI is InChI=1S/C14H21NO/c1-13(2)7-9-14(15,10-8-13)11-5-3-4-6-12(11)16/h3-6,16H,7-10,15H2,1-2H3. The molecule has 2 heteroatoms. The van der Waals surface area contributed by atoms with Gasteiger partial charge in [0, 0.05) is 11.1 Å². The monoisotopic (exact) mass is 219 g/mol. The molecule has 16 heavy (non-hydrogen) atoms. The highest BCUT2D eigenvalue weighted by Crippen LogP contribution is 2.45. The lowest BCUT2D eigenvalue weighted by Gasteiger charge is -2.41. The van der Waals surface area contributed by atoms with Crippen LogP contribution in [-0.2, 0) is 5.54 Å². The second kappa shape index (κ2) is 3.77. The van der Waals surface area contributed by atoms with Crippen molar-refractivity contribution in [3.8, 4) is 5.75 Å². The average Bonchev–Trinajstić information content (AvgIpc) is 2.24. The molecule has 88 valence electrons. The van der Waals surface area contributed by atoms with Crippen molar-refractivity contribution in [1.82, 2.24) is 0 Å². The van der Waals surface area contributed by atoms with Crippen molar-refractivity contribution < 1.29 is 5.11 Å². The zero-order valence-electron chi connectivity index (χ0n) is 10.2. The molecule has 2 nitrogen and oxygen atoms in total. The van der Waals surface area contributed by atoms with Crippen molar-refractivity contribution in [2.45, 2.75) is 45.1 Å². The summed E-state index contributed by atoms with van der Waals surface area (Å²) in [5.41, 5.74) is 7.41. The fraction of sp³-hybridized carbons (Fsp3) is 0.571. The molecule has 0 atom stereocenters. The van der Waals surface area contributed by atoms with Gasteiger partial charge >= 0.3 is 0 Å². The van der Waals surface area contributed by atoms with E-state index in [2.05, 4.69) is 13.8 Å². The molecule has 0 saturated heterocycles. The Hall–Kier alpha value is -1.02. The maximum Gasteiger partial charge on any atom is 0.120 e. The molecular weight excluding hydrogens is 198 g/mol. The molecule has 0 spiro atoms. The average molecular weight is 219 g/mol. The van der Waals surface area contributed by atoms with Crippen LogP contribution >= 0.6 is 0 Å². The lowest BCUT2D eigenvalue weighted by molar-refractivity contribution is 0.163. The molecule has 1 aromatic rings. The van der Waals surface area contributed by atoms with Crippen LogP contribution in [0.2, 0.25) is 0 Å². The van der Waals surface area contributed by atoms with Crippen LogP contribution in [0.3, 0.4) is 0 Å². The molecule has 1 aliphatic rings. The predicted molar refractivity (Wildman–Crippen MR) is 66.2 cm³/mol. The Bertz CT molecular complexity index is 374. The van der Waals surface area contributed by atoms with Gasteiger partial charge < -0.3 is 10.8 Å². The summed E-state index contributed by atoms with van der Waals surface area (Å²) in [6, 6.07) is 7.47. The first-order valence-electron chi connectivity index (χ1n) is 6.00. The van der Waals surface area contributed by atoms with E-state index in [-0.39, 0.29) is 5.54 Å². The molecule has 0 heterocycles. The van der Waals surface area contributed by atoms with Gasteiger partial charge in [-0.05, 0) is 37.2 Å². The number of hydrogen-bond donors (Lipinski definition) is 2. The van der Waals surface area contributed by atoms with Crippen molar-refractivity contribution in [3.05, 3.63) is 29.8 Å². The molecule has 1 saturated carbocycles. The van der Waals surface area contributed by atoms with Crippen LogP contribution in [0.4, 0.5) is 0 Å². The topological polar surface area (TPSA) is 46.2 Å². The zero-order valence-corrected chi connectivity index (χ0v) is 10.2. The van der Waals surface area contributed by atoms with E-state index in [1.165, 1.54) is 0 Å². The minimum atomic E-state index is -0.332. The predicted octanol–water partition coefficient (Wildman–Crippen LogP) is 3.15. The molecule has 0 unspecified atom stereocenters. The smallest absolute Gasteiger partial charge is 0.120 e. The largest absolute Gasteiger partial charge is 0.508 e. The normalized spacial score (nSPS) is 22.9. The summed E-state index contributed by atoms with van der Waals surface area (Å²) in [5.74, 6) is 0.338. The Kier molecular flexibility index (Phi) is 2.70. The van der Waals surface area contributed by atoms with E-state index in [1.54, 1.807) is 6.07 Å². The maximum absolute atomic E-state index is 9.88. The van der Waals surface area contributed by atoms with E-state index in [0.29, 0.717) is 11.2 Å². The van der Waals surface area contributed by atoms with Gasteiger partial charge in [0.1, 0.15) is 5.75 Å². The number of nitrogens with two attached hydrogens (primary N) is 1. The highest BCUT2D eigenvalue weighted by Gasteiger charge is 2.37. The number of benzene rings is 1. The zero-order chi connectivity index (χ0) is 11.8. The first-order valence-corrected chi connectivity index (χ1v) is 6.00. The minimum absolute atomic E-state index is 0.332. The quantitative estimate of drug-likeness (QED) is 0.762. The Balaban J connectivity index is 2.25. The van der Waals surface area contributed by atoms with Crippen molar-refractivity contribution in [1.29, 1.82) is 0 Å². The third-order valence-electron chi connectivity index (χ3n) is 3.94. The van der Waals surface area contributed by atoms with Gasteiger partial charge in [-0.1, -0.05) is 32.0 Å². The second-order valence-electron chi connectivity index (χ2n) is 5.84. The van der Waals surface area contributed by atoms with Gasteiger partial charge in [-0.2, -0.15) is 0 Å². The molecule has 3 N–H and O–H groups in total. The molecule has 0 radical (unpaired) electrons. The van der Waals surface area contributed by atoms with E-state index in [1.807, 2.05) is 18.2 Å². The number of hydrogen-bond acceptors (Lipinski definition) is 2. The minimum Gasteiger partial charge on any atom is -0.508 e. The third kappa shape index (κ3) is 2.07. The maximum atomic E-state index is 9.88. The van der Waals surface area contributed by atoms with E-state index in [0.717, 1.165) is 31.2 Å². The SMILES string of the molecule is CC1(C)CCC(N)(c2ccccc2O)CC1. The van der Waals surface area contributed by atoms with Crippen molar-refractivity contribution in [2.75, 3.05) is 0 Å². The van der Waals surface area contributed by atoms with Gasteiger partial charge in [0.15, 0.2) is 0 Å². The summed E-state index contributed by atoms with van der Waals surface area (Å²) in [5, 5.41) is 9.88. The summed E-state index contributed by atoms with van der Waals surface area (Å²) in [6.07, 6.45) is 4.16. The van der Waals surface area contributed by atoms with Crippen molar-refractivity contribution in [3.63, 3.8) is 0 Å². The Labute approximate surface area is 97.5 Å². The highest BCUT2D eigenvalue weighted by atomic mass is 16.3. The van der Waals surface area contributed by atoms with Gasteiger partial charge in [-0.25, -0.2) is 0 Å². The summed E-state index contributed by atoms with van der Waals surface area (Å²) in [4.78, 5) is 0. The molecule has 1 fully saturated rings. The van der Waals surface area contributed by atoms with Gasteiger partial charge in [-0.3, -0.25) is 0 Å². The van der Waals surface area contributed by atoms with Crippen LogP contribution in [0.5, 0.6) is 5.75 Å². The molecule has 0 aliphatic heterocycles. The fourth-order valence-corrected chi connectivity index (χ4v) is 2.54. The van der Waals surface area contributed by atoms with Gasteiger partial charge in [0.05, 0.1) is 0 Å². The summed E-state index contributed by atoms with van der Waals surface area (Å²) in [7, 11) is 0. The molecule has 1 aromatic carbocycles. The molecule has 2 rings (SSSR count). The summed E-state index contributed by atoms with van der Waals surface area (Å²) >= 11 is 0. The number of rotatable bonds is 1. The Morgan fingerprint density at radius 2 is 1.62 bits per heavy atom. The van der Waals surface area contributed by atoms with Crippen LogP contribution in [0.1, 0.15) is 45.1 Å². The van der Waals surface area contributed by atoms with Gasteiger partial charge in [-0.15, -0.1) is 0 Å². The van der Waals surface area contributed by atoms with Crippen LogP contribution in [-0.4, -0.2) is 5.11 Å². The second-order valence-corrected chi connectivity index (χ2v) is 5.84. The van der Waals surface area contributed by atoms with Gasteiger partial charge in [0.25, 0.3) is 0 Å². The number of aromatic hydroxyl groups is 1. The highest BCUT2D eigenvalue weighted by molar-refractivity contribution is 5.38. The van der Waals surface area contributed by atoms with Crippen molar-refractivity contribution in [2.24, 2.45) is 11.1 Å². The molecule has 0 amide bonds. The van der Waals surface area contributed by atoms with E-state index < -0.39 is 0 Å². The number of phenolic OH excluding ortho intramolecular Hbond substituents is 1. The Morgan fingerprint density at radius 3 is 2.19 bits per heavy atom. The summed E-state index contributed by atoms with van der Waals surface area (Å²) < 4.78 is 0. The Morgan fingerprint density at radius 1 is 1.06 bits per heavy atom. The molecule has 0 aromatic heterocycles. The van der Waals surface area contributed by atoms with Crippen LogP contribution in [0, 0.1) is 5.41 Å². The van der Waals surface area contributed by atoms with Crippen LogP contribution < -0.4 is 5.73 Å². The number of phenols is 1. The van der Waals surface area contributed by atoms with E-state index in [4.69, 9.17) is 5.73 Å². The fourth-order valence-electron chi connectivity index (χ4n) is 2.54.